The Bertz CT molecular complexity index is 501. The van der Waals surface area contributed by atoms with Gasteiger partial charge in [0, 0.05) is 5.56 Å². The van der Waals surface area contributed by atoms with Gasteiger partial charge in [-0.1, -0.05) is 11.6 Å². The molecule has 0 N–H and O–H groups in total. The molecule has 0 saturated carbocycles. The Balaban J connectivity index is 3.10. The number of carbonyl (C=O) groups is 1. The summed E-state index contributed by atoms with van der Waals surface area (Å²) in [6, 6.07) is 2.54. The van der Waals surface area contributed by atoms with Crippen molar-refractivity contribution in [1.29, 1.82) is 5.26 Å². The summed E-state index contributed by atoms with van der Waals surface area (Å²) < 4.78 is 30.0. The molecule has 0 fully saturated rings. The molecule has 0 aliphatic carbocycles. The fraction of sp³-hybridized carbons (Fsp3) is 0.364. The summed E-state index contributed by atoms with van der Waals surface area (Å²) in [7, 11) is 0. The van der Waals surface area contributed by atoms with E-state index in [0.717, 1.165) is 6.07 Å². The van der Waals surface area contributed by atoms with Crippen LogP contribution >= 0.6 is 11.6 Å². The van der Waals surface area contributed by atoms with Crippen LogP contribution in [0.1, 0.15) is 30.2 Å². The third-order valence-corrected chi connectivity index (χ3v) is 2.39. The summed E-state index contributed by atoms with van der Waals surface area (Å²) in [6.07, 6.45) is -3.11. The molecule has 18 heavy (non-hydrogen) atoms. The predicted molar refractivity (Wildman–Crippen MR) is 59.3 cm³/mol. The van der Waals surface area contributed by atoms with Crippen LogP contribution in [0.25, 0.3) is 0 Å². The lowest BCUT2D eigenvalue weighted by molar-refractivity contribution is -0.142. The molecule has 0 saturated heterocycles. The van der Waals surface area contributed by atoms with Gasteiger partial charge in [-0.3, -0.25) is 4.79 Å². The van der Waals surface area contributed by atoms with Crippen LogP contribution in [-0.2, 0) is 16.0 Å². The van der Waals surface area contributed by atoms with Crippen molar-refractivity contribution in [2.24, 2.45) is 0 Å². The van der Waals surface area contributed by atoms with Gasteiger partial charge in [0.1, 0.15) is 11.2 Å². The van der Waals surface area contributed by atoms with Crippen LogP contribution in [0.5, 0.6) is 0 Å². The number of rotatable bonds is 4. The zero-order valence-corrected chi connectivity index (χ0v) is 10.2. The number of halogens is 3. The van der Waals surface area contributed by atoms with Gasteiger partial charge in [0.25, 0.3) is 6.43 Å². The van der Waals surface area contributed by atoms with Crippen molar-refractivity contribution < 1.29 is 18.3 Å². The SMILES string of the molecule is CCOC(=O)Cc1cc(C(F)F)c(C#N)nc1Cl. The highest BCUT2D eigenvalue weighted by molar-refractivity contribution is 6.30. The molecule has 4 nitrogen and oxygen atoms in total. The van der Waals surface area contributed by atoms with E-state index in [1.165, 1.54) is 6.07 Å². The number of hydrogen-bond donors (Lipinski definition) is 0. The quantitative estimate of drug-likeness (QED) is 0.625. The second-order valence-corrected chi connectivity index (χ2v) is 3.63. The second kappa shape index (κ2) is 6.26. The topological polar surface area (TPSA) is 63.0 Å². The summed E-state index contributed by atoms with van der Waals surface area (Å²) in [5.41, 5.74) is -0.867. The molecule has 1 rings (SSSR count). The number of alkyl halides is 2. The van der Waals surface area contributed by atoms with E-state index in [9.17, 15) is 13.6 Å². The first kappa shape index (κ1) is 14.3. The number of nitrogens with zero attached hydrogens (tertiary/aromatic N) is 2. The predicted octanol–water partition coefficient (Wildman–Crippen LogP) is 2.65. The first-order valence-electron chi connectivity index (χ1n) is 5.02. The van der Waals surface area contributed by atoms with Crippen LogP contribution in [0.4, 0.5) is 8.78 Å². The van der Waals surface area contributed by atoms with Gasteiger partial charge in [-0.2, -0.15) is 5.26 Å². The van der Waals surface area contributed by atoms with Gasteiger partial charge in [-0.15, -0.1) is 0 Å². The Morgan fingerprint density at radius 3 is 2.83 bits per heavy atom. The summed E-state index contributed by atoms with van der Waals surface area (Å²) in [4.78, 5) is 14.8. The van der Waals surface area contributed by atoms with E-state index in [-0.39, 0.29) is 23.7 Å². The molecule has 0 spiro atoms. The standard InChI is InChI=1S/C11H9ClF2N2O2/c1-2-18-9(17)4-6-3-7(11(13)14)8(5-15)16-10(6)12/h3,11H,2,4H2,1H3. The highest BCUT2D eigenvalue weighted by Gasteiger charge is 2.19. The van der Waals surface area contributed by atoms with Crippen molar-refractivity contribution in [2.75, 3.05) is 6.61 Å². The van der Waals surface area contributed by atoms with E-state index >= 15 is 0 Å². The number of ether oxygens (including phenoxy) is 1. The van der Waals surface area contributed by atoms with Gasteiger partial charge >= 0.3 is 5.97 Å². The molecule has 96 valence electrons. The molecule has 0 atom stereocenters. The van der Waals surface area contributed by atoms with Crippen LogP contribution in [0, 0.1) is 11.3 Å². The third kappa shape index (κ3) is 3.37. The second-order valence-electron chi connectivity index (χ2n) is 3.27. The summed E-state index contributed by atoms with van der Waals surface area (Å²) in [6.45, 7) is 1.81. The van der Waals surface area contributed by atoms with Gasteiger partial charge < -0.3 is 4.74 Å². The Kier molecular flexibility index (Phi) is 4.98. The van der Waals surface area contributed by atoms with Crippen molar-refractivity contribution in [3.8, 4) is 6.07 Å². The number of pyridine rings is 1. The first-order valence-corrected chi connectivity index (χ1v) is 5.40. The van der Waals surface area contributed by atoms with Gasteiger partial charge in [0.05, 0.1) is 18.6 Å². The first-order chi connectivity index (χ1) is 8.49. The number of carbonyl (C=O) groups excluding carboxylic acids is 1. The normalized spacial score (nSPS) is 10.2. The maximum absolute atomic E-state index is 12.7. The molecule has 0 unspecified atom stereocenters. The monoisotopic (exact) mass is 274 g/mol. The summed E-state index contributed by atoms with van der Waals surface area (Å²) >= 11 is 5.71. The highest BCUT2D eigenvalue weighted by atomic mass is 35.5. The average molecular weight is 275 g/mol. The van der Waals surface area contributed by atoms with E-state index in [2.05, 4.69) is 9.72 Å². The van der Waals surface area contributed by atoms with Crippen molar-refractivity contribution in [3.63, 3.8) is 0 Å². The molecule has 0 bridgehead atoms. The Morgan fingerprint density at radius 2 is 2.33 bits per heavy atom. The average Bonchev–Trinajstić information content (AvgIpc) is 2.31. The molecule has 1 heterocycles. The lowest BCUT2D eigenvalue weighted by Gasteiger charge is -2.08. The smallest absolute Gasteiger partial charge is 0.310 e. The van der Waals surface area contributed by atoms with Crippen LogP contribution in [0.2, 0.25) is 5.15 Å². The minimum absolute atomic E-state index is 0.115. The largest absolute Gasteiger partial charge is 0.466 e. The zero-order valence-electron chi connectivity index (χ0n) is 9.41. The number of nitriles is 1. The van der Waals surface area contributed by atoms with Crippen molar-refractivity contribution >= 4 is 17.6 Å². The van der Waals surface area contributed by atoms with Crippen LogP contribution in [0.15, 0.2) is 6.07 Å². The van der Waals surface area contributed by atoms with E-state index in [1.807, 2.05) is 0 Å². The van der Waals surface area contributed by atoms with Gasteiger partial charge in [0.2, 0.25) is 0 Å². The number of aromatic nitrogens is 1. The van der Waals surface area contributed by atoms with Crippen LogP contribution in [0.3, 0.4) is 0 Å². The van der Waals surface area contributed by atoms with Crippen molar-refractivity contribution in [1.82, 2.24) is 4.98 Å². The van der Waals surface area contributed by atoms with E-state index < -0.39 is 23.7 Å². The maximum atomic E-state index is 12.7. The Hall–Kier alpha value is -1.74. The molecular weight excluding hydrogens is 266 g/mol. The summed E-state index contributed by atoms with van der Waals surface area (Å²) in [5, 5.41) is 8.50. The third-order valence-electron chi connectivity index (χ3n) is 2.06. The molecular formula is C11H9ClF2N2O2. The molecule has 1 aromatic heterocycles. The number of hydrogen-bond acceptors (Lipinski definition) is 4. The van der Waals surface area contributed by atoms with Crippen LogP contribution in [-0.4, -0.2) is 17.6 Å². The minimum Gasteiger partial charge on any atom is -0.466 e. The van der Waals surface area contributed by atoms with E-state index in [4.69, 9.17) is 16.9 Å². The maximum Gasteiger partial charge on any atom is 0.310 e. The molecule has 0 aliphatic heterocycles. The molecule has 0 amide bonds. The van der Waals surface area contributed by atoms with Gasteiger partial charge in [-0.05, 0) is 13.0 Å². The van der Waals surface area contributed by atoms with E-state index in [1.54, 1.807) is 6.92 Å². The molecule has 0 radical (unpaired) electrons. The number of esters is 1. The summed E-state index contributed by atoms with van der Waals surface area (Å²) in [5.74, 6) is -0.592. The van der Waals surface area contributed by atoms with Crippen molar-refractivity contribution in [3.05, 3.63) is 28.0 Å². The lowest BCUT2D eigenvalue weighted by atomic mass is 10.1. The molecule has 7 heteroatoms. The minimum atomic E-state index is -2.86. The highest BCUT2D eigenvalue weighted by Crippen LogP contribution is 2.26. The Labute approximate surface area is 107 Å². The Morgan fingerprint density at radius 1 is 1.67 bits per heavy atom. The van der Waals surface area contributed by atoms with E-state index in [0.29, 0.717) is 0 Å². The lowest BCUT2D eigenvalue weighted by Crippen LogP contribution is -2.09. The van der Waals surface area contributed by atoms with Crippen LogP contribution < -0.4 is 0 Å². The van der Waals surface area contributed by atoms with Crippen molar-refractivity contribution in [2.45, 2.75) is 19.8 Å². The molecule has 1 aromatic rings. The molecule has 0 aromatic carbocycles. The fourth-order valence-corrected chi connectivity index (χ4v) is 1.50. The molecule has 0 aliphatic rings. The fourth-order valence-electron chi connectivity index (χ4n) is 1.30. The van der Waals surface area contributed by atoms with Gasteiger partial charge in [-0.25, -0.2) is 13.8 Å². The zero-order chi connectivity index (χ0) is 13.7. The van der Waals surface area contributed by atoms with Gasteiger partial charge in [0.15, 0.2) is 5.69 Å².